The monoisotopic (exact) mass is 256 g/mol. The Labute approximate surface area is 106 Å². The van der Waals surface area contributed by atoms with E-state index in [9.17, 15) is 13.9 Å². The van der Waals surface area contributed by atoms with Crippen LogP contribution in [0.1, 0.15) is 31.2 Å². The molecule has 1 unspecified atom stereocenters. The second-order valence-corrected chi connectivity index (χ2v) is 4.94. The van der Waals surface area contributed by atoms with Crippen molar-refractivity contribution < 1.29 is 18.6 Å². The SMILES string of the molecule is COC1(C(O)Cc2ccc(F)c(F)c2)CCCC1. The van der Waals surface area contributed by atoms with Crippen molar-refractivity contribution in [3.8, 4) is 0 Å². The molecule has 1 aromatic carbocycles. The molecule has 0 bridgehead atoms. The number of benzene rings is 1. The Morgan fingerprint density at radius 3 is 2.50 bits per heavy atom. The fraction of sp³-hybridized carbons (Fsp3) is 0.571. The Bertz CT molecular complexity index is 414. The molecular weight excluding hydrogens is 238 g/mol. The standard InChI is InChI=1S/C14H18F2O2/c1-18-14(6-2-3-7-14)13(17)9-10-4-5-11(15)12(16)8-10/h4-5,8,13,17H,2-3,6-7,9H2,1H3. The summed E-state index contributed by atoms with van der Waals surface area (Å²) in [6, 6.07) is 3.72. The molecule has 0 aliphatic heterocycles. The third-order valence-electron chi connectivity index (χ3n) is 3.88. The molecule has 0 radical (unpaired) electrons. The smallest absolute Gasteiger partial charge is 0.159 e. The highest BCUT2D eigenvalue weighted by molar-refractivity contribution is 5.19. The molecule has 1 aliphatic carbocycles. The van der Waals surface area contributed by atoms with E-state index < -0.39 is 23.3 Å². The minimum atomic E-state index is -0.877. The highest BCUT2D eigenvalue weighted by atomic mass is 19.2. The first-order valence-electron chi connectivity index (χ1n) is 6.24. The summed E-state index contributed by atoms with van der Waals surface area (Å²) >= 11 is 0. The largest absolute Gasteiger partial charge is 0.390 e. The topological polar surface area (TPSA) is 29.5 Å². The van der Waals surface area contributed by atoms with Gasteiger partial charge in [0.05, 0.1) is 11.7 Å². The van der Waals surface area contributed by atoms with Gasteiger partial charge in [-0.15, -0.1) is 0 Å². The first kappa shape index (κ1) is 13.4. The molecule has 1 N–H and O–H groups in total. The van der Waals surface area contributed by atoms with Crippen LogP contribution in [0.15, 0.2) is 18.2 Å². The van der Waals surface area contributed by atoms with E-state index in [4.69, 9.17) is 4.74 Å². The normalized spacial score (nSPS) is 20.0. The van der Waals surface area contributed by atoms with E-state index in [0.29, 0.717) is 5.56 Å². The van der Waals surface area contributed by atoms with Gasteiger partial charge in [-0.2, -0.15) is 0 Å². The van der Waals surface area contributed by atoms with Crippen LogP contribution in [0.5, 0.6) is 0 Å². The maximum absolute atomic E-state index is 13.1. The van der Waals surface area contributed by atoms with Crippen LogP contribution in [0.2, 0.25) is 0 Å². The predicted molar refractivity (Wildman–Crippen MR) is 64.3 cm³/mol. The molecule has 1 aliphatic rings. The van der Waals surface area contributed by atoms with Gasteiger partial charge in [-0.25, -0.2) is 8.78 Å². The Balaban J connectivity index is 2.10. The van der Waals surface area contributed by atoms with Gasteiger partial charge in [0, 0.05) is 13.5 Å². The molecule has 0 amide bonds. The third-order valence-corrected chi connectivity index (χ3v) is 3.88. The molecule has 0 saturated heterocycles. The lowest BCUT2D eigenvalue weighted by Gasteiger charge is -2.33. The van der Waals surface area contributed by atoms with Crippen LogP contribution in [-0.2, 0) is 11.2 Å². The summed E-state index contributed by atoms with van der Waals surface area (Å²) in [5.74, 6) is -1.74. The predicted octanol–water partition coefficient (Wildman–Crippen LogP) is 2.83. The average Bonchev–Trinajstić information content (AvgIpc) is 2.84. The van der Waals surface area contributed by atoms with Gasteiger partial charge < -0.3 is 9.84 Å². The number of hydrogen-bond donors (Lipinski definition) is 1. The number of halogens is 2. The quantitative estimate of drug-likeness (QED) is 0.897. The zero-order chi connectivity index (χ0) is 13.2. The number of aliphatic hydroxyl groups is 1. The maximum atomic E-state index is 13.1. The van der Waals surface area contributed by atoms with Gasteiger partial charge in [0.1, 0.15) is 0 Å². The Hall–Kier alpha value is -1.00. The highest BCUT2D eigenvalue weighted by Gasteiger charge is 2.40. The first-order valence-corrected chi connectivity index (χ1v) is 6.24. The number of rotatable bonds is 4. The number of methoxy groups -OCH3 is 1. The molecule has 0 aromatic heterocycles. The van der Waals surface area contributed by atoms with Crippen LogP contribution < -0.4 is 0 Å². The van der Waals surface area contributed by atoms with Crippen LogP contribution in [0, 0.1) is 11.6 Å². The van der Waals surface area contributed by atoms with Gasteiger partial charge in [0.2, 0.25) is 0 Å². The molecular formula is C14H18F2O2. The fourth-order valence-corrected chi connectivity index (χ4v) is 2.72. The van der Waals surface area contributed by atoms with E-state index in [1.807, 2.05) is 0 Å². The zero-order valence-corrected chi connectivity index (χ0v) is 10.5. The second kappa shape index (κ2) is 5.33. The molecule has 2 rings (SSSR count). The van der Waals surface area contributed by atoms with Crippen molar-refractivity contribution in [1.29, 1.82) is 0 Å². The molecule has 100 valence electrons. The Morgan fingerprint density at radius 2 is 1.94 bits per heavy atom. The molecule has 4 heteroatoms. The summed E-state index contributed by atoms with van der Waals surface area (Å²) < 4.78 is 31.4. The van der Waals surface area contributed by atoms with Crippen molar-refractivity contribution in [1.82, 2.24) is 0 Å². The van der Waals surface area contributed by atoms with Crippen molar-refractivity contribution >= 4 is 0 Å². The molecule has 0 spiro atoms. The van der Waals surface area contributed by atoms with E-state index in [1.165, 1.54) is 6.07 Å². The van der Waals surface area contributed by atoms with Crippen molar-refractivity contribution in [3.05, 3.63) is 35.4 Å². The molecule has 2 nitrogen and oxygen atoms in total. The van der Waals surface area contributed by atoms with Gasteiger partial charge >= 0.3 is 0 Å². The van der Waals surface area contributed by atoms with Gasteiger partial charge in [0.15, 0.2) is 11.6 Å². The minimum Gasteiger partial charge on any atom is -0.390 e. The van der Waals surface area contributed by atoms with Crippen molar-refractivity contribution in [2.24, 2.45) is 0 Å². The van der Waals surface area contributed by atoms with Crippen LogP contribution >= 0.6 is 0 Å². The van der Waals surface area contributed by atoms with Crippen LogP contribution in [0.25, 0.3) is 0 Å². The lowest BCUT2D eigenvalue weighted by molar-refractivity contribution is -0.0971. The first-order chi connectivity index (χ1) is 8.57. The van der Waals surface area contributed by atoms with Crippen molar-refractivity contribution in [2.45, 2.75) is 43.8 Å². The average molecular weight is 256 g/mol. The molecule has 1 aromatic rings. The van der Waals surface area contributed by atoms with Gasteiger partial charge in [-0.1, -0.05) is 18.9 Å². The van der Waals surface area contributed by atoms with E-state index >= 15 is 0 Å². The molecule has 0 heterocycles. The molecule has 18 heavy (non-hydrogen) atoms. The lowest BCUT2D eigenvalue weighted by Crippen LogP contribution is -2.42. The summed E-state index contributed by atoms with van der Waals surface area (Å²) in [5, 5.41) is 10.3. The van der Waals surface area contributed by atoms with Crippen LogP contribution in [0.4, 0.5) is 8.78 Å². The maximum Gasteiger partial charge on any atom is 0.159 e. The van der Waals surface area contributed by atoms with Crippen molar-refractivity contribution in [3.63, 3.8) is 0 Å². The third kappa shape index (κ3) is 2.54. The summed E-state index contributed by atoms with van der Waals surface area (Å²) in [6.07, 6.45) is 3.29. The van der Waals surface area contributed by atoms with Crippen LogP contribution in [0.3, 0.4) is 0 Å². The number of hydrogen-bond acceptors (Lipinski definition) is 2. The molecule has 1 saturated carbocycles. The van der Waals surface area contributed by atoms with E-state index in [-0.39, 0.29) is 6.42 Å². The van der Waals surface area contributed by atoms with E-state index in [1.54, 1.807) is 7.11 Å². The Kier molecular flexibility index (Phi) is 3.97. The molecule has 1 fully saturated rings. The van der Waals surface area contributed by atoms with Gasteiger partial charge in [0.25, 0.3) is 0 Å². The van der Waals surface area contributed by atoms with E-state index in [2.05, 4.69) is 0 Å². The van der Waals surface area contributed by atoms with Crippen LogP contribution in [-0.4, -0.2) is 23.9 Å². The number of ether oxygens (including phenoxy) is 1. The number of aliphatic hydroxyl groups excluding tert-OH is 1. The minimum absolute atomic E-state index is 0.283. The summed E-state index contributed by atoms with van der Waals surface area (Å²) in [5.41, 5.74) is 0.0648. The summed E-state index contributed by atoms with van der Waals surface area (Å²) in [4.78, 5) is 0. The van der Waals surface area contributed by atoms with Gasteiger partial charge in [-0.3, -0.25) is 0 Å². The second-order valence-electron chi connectivity index (χ2n) is 4.94. The Morgan fingerprint density at radius 1 is 1.28 bits per heavy atom. The highest BCUT2D eigenvalue weighted by Crippen LogP contribution is 2.36. The summed E-state index contributed by atoms with van der Waals surface area (Å²) in [6.45, 7) is 0. The lowest BCUT2D eigenvalue weighted by atomic mass is 9.90. The summed E-state index contributed by atoms with van der Waals surface area (Å²) in [7, 11) is 1.60. The fourth-order valence-electron chi connectivity index (χ4n) is 2.72. The van der Waals surface area contributed by atoms with Crippen molar-refractivity contribution in [2.75, 3.05) is 7.11 Å². The van der Waals surface area contributed by atoms with Gasteiger partial charge in [-0.05, 0) is 30.5 Å². The molecule has 1 atom stereocenters. The zero-order valence-electron chi connectivity index (χ0n) is 10.5. The van der Waals surface area contributed by atoms with E-state index in [0.717, 1.165) is 37.8 Å².